The average Bonchev–Trinajstić information content (AvgIpc) is 2.50. The van der Waals surface area contributed by atoms with E-state index in [1.807, 2.05) is 0 Å². The molecule has 3 fully saturated rings. The van der Waals surface area contributed by atoms with E-state index in [2.05, 4.69) is 27.7 Å². The Labute approximate surface area is 99.0 Å². The summed E-state index contributed by atoms with van der Waals surface area (Å²) in [6, 6.07) is 0. The van der Waals surface area contributed by atoms with Gasteiger partial charge in [-0.15, -0.1) is 0 Å². The molecule has 0 aromatic carbocycles. The van der Waals surface area contributed by atoms with Gasteiger partial charge in [0.1, 0.15) is 5.78 Å². The molecule has 0 aliphatic heterocycles. The summed E-state index contributed by atoms with van der Waals surface area (Å²) in [4.78, 5) is 12.2. The second-order valence-corrected chi connectivity index (χ2v) is 7.89. The molecule has 0 radical (unpaired) electrons. The van der Waals surface area contributed by atoms with Gasteiger partial charge in [-0.2, -0.15) is 0 Å². The Balaban J connectivity index is 2.15. The van der Waals surface area contributed by atoms with Crippen LogP contribution in [-0.2, 0) is 4.79 Å². The van der Waals surface area contributed by atoms with Crippen molar-refractivity contribution in [3.8, 4) is 0 Å². The first-order valence-corrected chi connectivity index (χ1v) is 6.78. The highest BCUT2D eigenvalue weighted by Crippen LogP contribution is 2.77. The van der Waals surface area contributed by atoms with Gasteiger partial charge in [-0.25, -0.2) is 0 Å². The van der Waals surface area contributed by atoms with Crippen LogP contribution in [0.15, 0.2) is 0 Å². The molecular formula is C15H24O. The molecule has 3 atom stereocenters. The van der Waals surface area contributed by atoms with Crippen molar-refractivity contribution in [2.24, 2.45) is 21.7 Å². The van der Waals surface area contributed by atoms with Gasteiger partial charge in [0, 0.05) is 11.8 Å². The zero-order chi connectivity index (χ0) is 11.8. The number of Topliss-reactive ketones (excluding diaryl/α,β-unsaturated/α-hetero) is 1. The number of carbonyl (C=O) groups is 1. The minimum Gasteiger partial charge on any atom is -0.299 e. The Kier molecular flexibility index (Phi) is 1.73. The minimum atomic E-state index is 0.0242. The van der Waals surface area contributed by atoms with Crippen molar-refractivity contribution in [3.05, 3.63) is 0 Å². The Morgan fingerprint density at radius 3 is 2.31 bits per heavy atom. The number of hydrogen-bond acceptors (Lipinski definition) is 1. The van der Waals surface area contributed by atoms with Crippen molar-refractivity contribution in [2.75, 3.05) is 0 Å². The molecule has 1 spiro atoms. The maximum atomic E-state index is 12.2. The Morgan fingerprint density at radius 1 is 1.00 bits per heavy atom. The van der Waals surface area contributed by atoms with Crippen LogP contribution in [0.1, 0.15) is 66.2 Å². The average molecular weight is 220 g/mol. The van der Waals surface area contributed by atoms with Crippen LogP contribution in [0, 0.1) is 21.7 Å². The van der Waals surface area contributed by atoms with Crippen LogP contribution in [0.25, 0.3) is 0 Å². The van der Waals surface area contributed by atoms with Gasteiger partial charge in [0.05, 0.1) is 0 Å². The molecule has 3 unspecified atom stereocenters. The smallest absolute Gasteiger partial charge is 0.139 e. The number of carbonyl (C=O) groups excluding carboxylic acids is 1. The first kappa shape index (κ1) is 10.8. The maximum absolute atomic E-state index is 12.2. The highest BCUT2D eigenvalue weighted by atomic mass is 16.1. The van der Waals surface area contributed by atoms with Crippen molar-refractivity contribution in [2.45, 2.75) is 66.2 Å². The molecule has 0 heterocycles. The number of hydrogen-bond donors (Lipinski definition) is 0. The Hall–Kier alpha value is -0.330. The molecule has 16 heavy (non-hydrogen) atoms. The highest BCUT2D eigenvalue weighted by Gasteiger charge is 2.72. The summed E-state index contributed by atoms with van der Waals surface area (Å²) in [7, 11) is 0. The van der Waals surface area contributed by atoms with Crippen LogP contribution < -0.4 is 0 Å². The van der Waals surface area contributed by atoms with E-state index in [-0.39, 0.29) is 5.41 Å². The van der Waals surface area contributed by atoms with E-state index >= 15 is 0 Å². The zero-order valence-electron chi connectivity index (χ0n) is 11.2. The molecule has 0 N–H and O–H groups in total. The summed E-state index contributed by atoms with van der Waals surface area (Å²) in [5.41, 5.74) is 1.15. The SMILES string of the molecule is CC12CC3(C)CCCC(C)(C)C3(CC1=O)C2. The predicted molar refractivity (Wildman–Crippen MR) is 65.1 cm³/mol. The second kappa shape index (κ2) is 2.57. The summed E-state index contributed by atoms with van der Waals surface area (Å²) in [6.45, 7) is 9.51. The molecule has 3 aliphatic rings. The second-order valence-electron chi connectivity index (χ2n) is 7.89. The molecule has 0 aromatic rings. The van der Waals surface area contributed by atoms with E-state index < -0.39 is 0 Å². The van der Waals surface area contributed by atoms with E-state index in [1.54, 1.807) is 0 Å². The first-order valence-electron chi connectivity index (χ1n) is 6.78. The highest BCUT2D eigenvalue weighted by molar-refractivity contribution is 5.89. The summed E-state index contributed by atoms with van der Waals surface area (Å²) in [6.07, 6.45) is 7.21. The minimum absolute atomic E-state index is 0.0242. The number of fused-ring (bicyclic) bond motifs is 1. The molecule has 0 aromatic heterocycles. The van der Waals surface area contributed by atoms with Crippen molar-refractivity contribution in [1.82, 2.24) is 0 Å². The molecule has 1 heteroatoms. The van der Waals surface area contributed by atoms with Crippen LogP contribution in [0.3, 0.4) is 0 Å². The molecule has 1 nitrogen and oxygen atoms in total. The summed E-state index contributed by atoms with van der Waals surface area (Å²) >= 11 is 0. The lowest BCUT2D eigenvalue weighted by molar-refractivity contribution is -0.138. The third kappa shape index (κ3) is 0.926. The standard InChI is InChI=1S/C15H24O/c1-12(2)6-5-7-14(4)9-13(3)10-15(12,14)8-11(13)16/h5-10H2,1-4H3. The molecule has 0 saturated heterocycles. The van der Waals surface area contributed by atoms with Crippen LogP contribution in [-0.4, -0.2) is 5.78 Å². The number of rotatable bonds is 0. The van der Waals surface area contributed by atoms with E-state index in [9.17, 15) is 4.79 Å². The first-order chi connectivity index (χ1) is 7.25. The molecule has 90 valence electrons. The largest absolute Gasteiger partial charge is 0.299 e. The monoisotopic (exact) mass is 220 g/mol. The van der Waals surface area contributed by atoms with Gasteiger partial charge >= 0.3 is 0 Å². The van der Waals surface area contributed by atoms with Gasteiger partial charge < -0.3 is 0 Å². The third-order valence-corrected chi connectivity index (χ3v) is 6.59. The molecular weight excluding hydrogens is 196 g/mol. The van der Waals surface area contributed by atoms with E-state index in [4.69, 9.17) is 0 Å². The zero-order valence-corrected chi connectivity index (χ0v) is 11.2. The van der Waals surface area contributed by atoms with Crippen LogP contribution in [0.2, 0.25) is 0 Å². The van der Waals surface area contributed by atoms with Gasteiger partial charge in [-0.05, 0) is 41.9 Å². The van der Waals surface area contributed by atoms with Gasteiger partial charge in [0.2, 0.25) is 0 Å². The molecule has 3 saturated carbocycles. The third-order valence-electron chi connectivity index (χ3n) is 6.59. The molecule has 3 rings (SSSR count). The normalized spacial score (nSPS) is 54.1. The fourth-order valence-corrected chi connectivity index (χ4v) is 5.72. The van der Waals surface area contributed by atoms with Crippen LogP contribution in [0.4, 0.5) is 0 Å². The van der Waals surface area contributed by atoms with E-state index in [0.717, 1.165) is 12.8 Å². The van der Waals surface area contributed by atoms with Gasteiger partial charge in [0.15, 0.2) is 0 Å². The van der Waals surface area contributed by atoms with Crippen LogP contribution >= 0.6 is 0 Å². The maximum Gasteiger partial charge on any atom is 0.139 e. The van der Waals surface area contributed by atoms with Gasteiger partial charge in [-0.1, -0.05) is 34.1 Å². The van der Waals surface area contributed by atoms with Gasteiger partial charge in [0.25, 0.3) is 0 Å². The van der Waals surface area contributed by atoms with Crippen LogP contribution in [0.5, 0.6) is 0 Å². The fourth-order valence-electron chi connectivity index (χ4n) is 5.72. The Morgan fingerprint density at radius 2 is 1.69 bits per heavy atom. The molecule has 0 amide bonds. The van der Waals surface area contributed by atoms with E-state index in [1.165, 1.54) is 25.7 Å². The molecule has 3 aliphatic carbocycles. The lowest BCUT2D eigenvalue weighted by Gasteiger charge is -2.57. The lowest BCUT2D eigenvalue weighted by Crippen LogP contribution is -2.51. The van der Waals surface area contributed by atoms with Crippen molar-refractivity contribution < 1.29 is 4.79 Å². The predicted octanol–water partition coefficient (Wildman–Crippen LogP) is 3.96. The lowest BCUT2D eigenvalue weighted by atomic mass is 9.46. The quantitative estimate of drug-likeness (QED) is 0.604. The summed E-state index contributed by atoms with van der Waals surface area (Å²) < 4.78 is 0. The number of ketones is 1. The van der Waals surface area contributed by atoms with E-state index in [0.29, 0.717) is 22.0 Å². The fraction of sp³-hybridized carbons (Fsp3) is 0.933. The summed E-state index contributed by atoms with van der Waals surface area (Å²) in [5, 5.41) is 0. The Bertz CT molecular complexity index is 370. The van der Waals surface area contributed by atoms with Crippen molar-refractivity contribution in [3.63, 3.8) is 0 Å². The van der Waals surface area contributed by atoms with Gasteiger partial charge in [-0.3, -0.25) is 4.79 Å². The van der Waals surface area contributed by atoms with Crippen molar-refractivity contribution in [1.29, 1.82) is 0 Å². The summed E-state index contributed by atoms with van der Waals surface area (Å²) in [5.74, 6) is 0.556. The topological polar surface area (TPSA) is 17.1 Å². The van der Waals surface area contributed by atoms with Crippen molar-refractivity contribution >= 4 is 5.78 Å². The molecule has 2 bridgehead atoms.